The minimum atomic E-state index is -0.293. The second-order valence-corrected chi connectivity index (χ2v) is 4.36. The van der Waals surface area contributed by atoms with Gasteiger partial charge in [0.25, 0.3) is 0 Å². The molecular formula is C13H24O. The van der Waals surface area contributed by atoms with Crippen LogP contribution in [-0.2, 0) is 0 Å². The van der Waals surface area contributed by atoms with Gasteiger partial charge in [-0.25, -0.2) is 0 Å². The summed E-state index contributed by atoms with van der Waals surface area (Å²) in [7, 11) is 0. The monoisotopic (exact) mass is 196 g/mol. The van der Waals surface area contributed by atoms with E-state index in [1.54, 1.807) is 0 Å². The highest BCUT2D eigenvalue weighted by Gasteiger charge is 2.03. The molecule has 0 aliphatic carbocycles. The number of aliphatic hydroxyl groups is 1. The van der Waals surface area contributed by atoms with Gasteiger partial charge >= 0.3 is 0 Å². The molecule has 0 saturated heterocycles. The van der Waals surface area contributed by atoms with E-state index < -0.39 is 0 Å². The van der Waals surface area contributed by atoms with E-state index >= 15 is 0 Å². The van der Waals surface area contributed by atoms with Crippen molar-refractivity contribution in [3.63, 3.8) is 0 Å². The van der Waals surface area contributed by atoms with Crippen molar-refractivity contribution in [2.75, 3.05) is 0 Å². The highest BCUT2D eigenvalue weighted by atomic mass is 16.3. The molecule has 1 heteroatoms. The molecule has 0 aromatic heterocycles. The number of hydrogen-bond donors (Lipinski definition) is 1. The molecule has 1 nitrogen and oxygen atoms in total. The summed E-state index contributed by atoms with van der Waals surface area (Å²) in [6, 6.07) is 0. The van der Waals surface area contributed by atoms with Crippen molar-refractivity contribution >= 4 is 0 Å². The van der Waals surface area contributed by atoms with Crippen molar-refractivity contribution in [3.05, 3.63) is 24.3 Å². The standard InChI is InChI=1S/C13H24O/c1-5-7-13(14)10-12(4)9-6-8-11(2)3/h5-7,9,11-14H,8,10H2,1-4H3. The van der Waals surface area contributed by atoms with Gasteiger partial charge in [0, 0.05) is 0 Å². The van der Waals surface area contributed by atoms with Gasteiger partial charge in [0.15, 0.2) is 0 Å². The second-order valence-electron chi connectivity index (χ2n) is 4.36. The Morgan fingerprint density at radius 3 is 2.29 bits per heavy atom. The van der Waals surface area contributed by atoms with Crippen LogP contribution < -0.4 is 0 Å². The molecular weight excluding hydrogens is 172 g/mol. The largest absolute Gasteiger partial charge is 0.389 e. The predicted molar refractivity (Wildman–Crippen MR) is 63.2 cm³/mol. The van der Waals surface area contributed by atoms with E-state index in [1.807, 2.05) is 19.1 Å². The van der Waals surface area contributed by atoms with Crippen LogP contribution in [0.15, 0.2) is 24.3 Å². The van der Waals surface area contributed by atoms with Crippen LogP contribution in [0, 0.1) is 11.8 Å². The summed E-state index contributed by atoms with van der Waals surface area (Å²) < 4.78 is 0. The van der Waals surface area contributed by atoms with Crippen molar-refractivity contribution in [2.24, 2.45) is 11.8 Å². The molecule has 0 fully saturated rings. The van der Waals surface area contributed by atoms with Crippen molar-refractivity contribution in [2.45, 2.75) is 46.6 Å². The first-order chi connectivity index (χ1) is 6.56. The first kappa shape index (κ1) is 13.4. The van der Waals surface area contributed by atoms with Crippen LogP contribution in [0.1, 0.15) is 40.5 Å². The Bertz CT molecular complexity index is 180. The molecule has 0 aliphatic heterocycles. The first-order valence-electron chi connectivity index (χ1n) is 5.53. The van der Waals surface area contributed by atoms with Crippen LogP contribution in [0.3, 0.4) is 0 Å². The van der Waals surface area contributed by atoms with E-state index in [0.29, 0.717) is 5.92 Å². The average Bonchev–Trinajstić information content (AvgIpc) is 2.03. The summed E-state index contributed by atoms with van der Waals surface area (Å²) in [6.45, 7) is 8.50. The predicted octanol–water partition coefficient (Wildman–Crippen LogP) is 3.55. The maximum Gasteiger partial charge on any atom is 0.0726 e. The fourth-order valence-corrected chi connectivity index (χ4v) is 1.34. The van der Waals surface area contributed by atoms with Crippen molar-refractivity contribution in [1.29, 1.82) is 0 Å². The summed E-state index contributed by atoms with van der Waals surface area (Å²) in [5.74, 6) is 1.18. The summed E-state index contributed by atoms with van der Waals surface area (Å²) in [4.78, 5) is 0. The van der Waals surface area contributed by atoms with Gasteiger partial charge in [0.1, 0.15) is 0 Å². The SMILES string of the molecule is CC=CC(O)CC(C)C=CCC(C)C. The van der Waals surface area contributed by atoms with Gasteiger partial charge in [-0.3, -0.25) is 0 Å². The van der Waals surface area contributed by atoms with E-state index in [0.717, 1.165) is 18.8 Å². The number of allylic oxidation sites excluding steroid dienone is 3. The number of hydrogen-bond acceptors (Lipinski definition) is 1. The number of aliphatic hydroxyl groups excluding tert-OH is 1. The zero-order valence-corrected chi connectivity index (χ0v) is 9.90. The molecule has 0 saturated carbocycles. The maximum atomic E-state index is 9.51. The lowest BCUT2D eigenvalue weighted by molar-refractivity contribution is 0.200. The van der Waals surface area contributed by atoms with E-state index in [2.05, 4.69) is 32.9 Å². The Kier molecular flexibility index (Phi) is 7.50. The summed E-state index contributed by atoms with van der Waals surface area (Å²) in [5.41, 5.74) is 0. The Morgan fingerprint density at radius 1 is 1.14 bits per heavy atom. The third-order valence-corrected chi connectivity index (χ3v) is 2.10. The lowest BCUT2D eigenvalue weighted by atomic mass is 10.0. The van der Waals surface area contributed by atoms with E-state index in [9.17, 15) is 5.11 Å². The van der Waals surface area contributed by atoms with Gasteiger partial charge in [-0.1, -0.05) is 45.1 Å². The van der Waals surface area contributed by atoms with Gasteiger partial charge in [0.05, 0.1) is 6.10 Å². The van der Waals surface area contributed by atoms with Crippen molar-refractivity contribution in [3.8, 4) is 0 Å². The molecule has 0 aromatic carbocycles. The van der Waals surface area contributed by atoms with Gasteiger partial charge < -0.3 is 5.11 Å². The first-order valence-corrected chi connectivity index (χ1v) is 5.53. The van der Waals surface area contributed by atoms with Crippen LogP contribution in [0.25, 0.3) is 0 Å². The summed E-state index contributed by atoms with van der Waals surface area (Å²) in [6.07, 6.45) is 9.81. The minimum absolute atomic E-state index is 0.293. The smallest absolute Gasteiger partial charge is 0.0726 e. The average molecular weight is 196 g/mol. The molecule has 2 atom stereocenters. The summed E-state index contributed by atoms with van der Waals surface area (Å²) in [5, 5.41) is 9.51. The van der Waals surface area contributed by atoms with Crippen LogP contribution in [0.4, 0.5) is 0 Å². The quantitative estimate of drug-likeness (QED) is 0.644. The van der Waals surface area contributed by atoms with Crippen molar-refractivity contribution in [1.82, 2.24) is 0 Å². The Balaban J connectivity index is 3.73. The van der Waals surface area contributed by atoms with Gasteiger partial charge in [-0.2, -0.15) is 0 Å². The van der Waals surface area contributed by atoms with E-state index in [1.165, 1.54) is 0 Å². The normalized spacial score (nSPS) is 17.0. The molecule has 0 radical (unpaired) electrons. The van der Waals surface area contributed by atoms with E-state index in [4.69, 9.17) is 0 Å². The third-order valence-electron chi connectivity index (χ3n) is 2.10. The zero-order valence-electron chi connectivity index (χ0n) is 9.90. The van der Waals surface area contributed by atoms with Crippen LogP contribution in [-0.4, -0.2) is 11.2 Å². The van der Waals surface area contributed by atoms with Crippen LogP contribution >= 0.6 is 0 Å². The lowest BCUT2D eigenvalue weighted by Gasteiger charge is -2.09. The van der Waals surface area contributed by atoms with Gasteiger partial charge in [0.2, 0.25) is 0 Å². The minimum Gasteiger partial charge on any atom is -0.389 e. The van der Waals surface area contributed by atoms with Crippen molar-refractivity contribution < 1.29 is 5.11 Å². The van der Waals surface area contributed by atoms with Crippen LogP contribution in [0.5, 0.6) is 0 Å². The zero-order chi connectivity index (χ0) is 11.0. The third kappa shape index (κ3) is 8.06. The second kappa shape index (κ2) is 7.81. The molecule has 0 rings (SSSR count). The molecule has 0 bridgehead atoms. The molecule has 2 unspecified atom stereocenters. The Labute approximate surface area is 88.5 Å². The highest BCUT2D eigenvalue weighted by Crippen LogP contribution is 2.10. The molecule has 0 amide bonds. The fourth-order valence-electron chi connectivity index (χ4n) is 1.34. The lowest BCUT2D eigenvalue weighted by Crippen LogP contribution is -2.06. The number of rotatable bonds is 6. The molecule has 82 valence electrons. The maximum absolute atomic E-state index is 9.51. The summed E-state index contributed by atoms with van der Waals surface area (Å²) >= 11 is 0. The van der Waals surface area contributed by atoms with Gasteiger partial charge in [-0.15, -0.1) is 0 Å². The van der Waals surface area contributed by atoms with Gasteiger partial charge in [-0.05, 0) is 31.6 Å². The molecule has 0 aromatic rings. The topological polar surface area (TPSA) is 20.2 Å². The van der Waals surface area contributed by atoms with Crippen LogP contribution in [0.2, 0.25) is 0 Å². The molecule has 14 heavy (non-hydrogen) atoms. The Hall–Kier alpha value is -0.560. The fraction of sp³-hybridized carbons (Fsp3) is 0.692. The molecule has 0 aliphatic rings. The molecule has 1 N–H and O–H groups in total. The highest BCUT2D eigenvalue weighted by molar-refractivity contribution is 4.92. The van der Waals surface area contributed by atoms with E-state index in [-0.39, 0.29) is 6.10 Å². The molecule has 0 heterocycles. The molecule has 0 spiro atoms. The Morgan fingerprint density at radius 2 is 1.79 bits per heavy atom.